The number of ether oxygens (including phenoxy) is 3. The van der Waals surface area contributed by atoms with Gasteiger partial charge in [-0.1, -0.05) is 23.7 Å². The zero-order valence-corrected chi connectivity index (χ0v) is 19.4. The molecule has 0 aromatic heterocycles. The van der Waals surface area contributed by atoms with Crippen LogP contribution in [0.15, 0.2) is 42.5 Å². The number of nitrogens with one attached hydrogen (secondary N) is 1. The number of halogens is 1. The first kappa shape index (κ1) is 24.4. The van der Waals surface area contributed by atoms with Crippen molar-refractivity contribution in [2.75, 3.05) is 32.1 Å². The van der Waals surface area contributed by atoms with E-state index in [4.69, 9.17) is 25.8 Å². The van der Waals surface area contributed by atoms with Crippen LogP contribution in [0.3, 0.4) is 0 Å². The van der Waals surface area contributed by atoms with Crippen LogP contribution in [-0.4, -0.2) is 49.7 Å². The maximum absolute atomic E-state index is 12.8. The molecular weight excluding hydrogens is 448 g/mol. The van der Waals surface area contributed by atoms with E-state index < -0.39 is 5.97 Å². The molecule has 1 aliphatic rings. The maximum Gasteiger partial charge on any atom is 0.340 e. The molecule has 0 aliphatic carbocycles. The number of benzene rings is 2. The van der Waals surface area contributed by atoms with Crippen molar-refractivity contribution >= 4 is 35.3 Å². The van der Waals surface area contributed by atoms with Crippen LogP contribution in [0.2, 0.25) is 5.02 Å². The molecular formula is C24H27ClN2O6. The summed E-state index contributed by atoms with van der Waals surface area (Å²) in [5, 5.41) is 3.11. The summed E-state index contributed by atoms with van der Waals surface area (Å²) < 4.78 is 15.6. The number of rotatable bonds is 7. The highest BCUT2D eigenvalue weighted by Crippen LogP contribution is 2.24. The zero-order chi connectivity index (χ0) is 23.8. The van der Waals surface area contributed by atoms with Crippen molar-refractivity contribution in [1.29, 1.82) is 0 Å². The second kappa shape index (κ2) is 11.6. The van der Waals surface area contributed by atoms with E-state index in [1.807, 2.05) is 0 Å². The van der Waals surface area contributed by atoms with E-state index in [2.05, 4.69) is 5.32 Å². The Bertz CT molecular complexity index is 987. The Morgan fingerprint density at radius 3 is 2.39 bits per heavy atom. The molecule has 176 valence electrons. The summed E-state index contributed by atoms with van der Waals surface area (Å²) >= 11 is 6.08. The van der Waals surface area contributed by atoms with Gasteiger partial charge in [-0.15, -0.1) is 0 Å². The smallest absolute Gasteiger partial charge is 0.340 e. The molecule has 2 amide bonds. The van der Waals surface area contributed by atoms with E-state index in [0.717, 1.165) is 5.56 Å². The van der Waals surface area contributed by atoms with Crippen LogP contribution in [-0.2, 0) is 20.9 Å². The molecule has 1 N–H and O–H groups in total. The SMILES string of the molecule is CCOC(=O)C1CCN(C(=O)Nc2ccc(Cl)cc2C(=O)OCc2ccc(OC)cc2)CC1. The lowest BCUT2D eigenvalue weighted by Gasteiger charge is -2.31. The molecule has 1 fully saturated rings. The summed E-state index contributed by atoms with van der Waals surface area (Å²) in [6, 6.07) is 11.4. The third-order valence-corrected chi connectivity index (χ3v) is 5.61. The van der Waals surface area contributed by atoms with Gasteiger partial charge in [-0.2, -0.15) is 0 Å². The first-order valence-corrected chi connectivity index (χ1v) is 11.1. The number of carbonyl (C=O) groups is 3. The minimum atomic E-state index is -0.607. The van der Waals surface area contributed by atoms with E-state index in [0.29, 0.717) is 49.0 Å². The van der Waals surface area contributed by atoms with Gasteiger partial charge in [-0.3, -0.25) is 4.79 Å². The van der Waals surface area contributed by atoms with Crippen LogP contribution < -0.4 is 10.1 Å². The van der Waals surface area contributed by atoms with Gasteiger partial charge in [0.05, 0.1) is 30.9 Å². The number of anilines is 1. The molecule has 0 radical (unpaired) electrons. The number of likely N-dealkylation sites (tertiary alicyclic amines) is 1. The number of carbonyl (C=O) groups excluding carboxylic acids is 3. The van der Waals surface area contributed by atoms with Gasteiger partial charge in [0.15, 0.2) is 0 Å². The van der Waals surface area contributed by atoms with Crippen LogP contribution in [0.5, 0.6) is 5.75 Å². The molecule has 0 atom stereocenters. The molecule has 0 spiro atoms. The predicted octanol–water partition coefficient (Wildman–Crippen LogP) is 4.51. The van der Waals surface area contributed by atoms with Crippen LogP contribution >= 0.6 is 11.6 Å². The Morgan fingerprint density at radius 1 is 1.06 bits per heavy atom. The third kappa shape index (κ3) is 6.61. The molecule has 0 saturated carbocycles. The summed E-state index contributed by atoms with van der Waals surface area (Å²) in [4.78, 5) is 39.0. The Hall–Kier alpha value is -3.26. The molecule has 2 aromatic carbocycles. The lowest BCUT2D eigenvalue weighted by atomic mass is 9.97. The van der Waals surface area contributed by atoms with E-state index in [-0.39, 0.29) is 30.1 Å². The lowest BCUT2D eigenvalue weighted by molar-refractivity contribution is -0.149. The van der Waals surface area contributed by atoms with Gasteiger partial charge in [0.25, 0.3) is 0 Å². The largest absolute Gasteiger partial charge is 0.497 e. The lowest BCUT2D eigenvalue weighted by Crippen LogP contribution is -2.43. The van der Waals surface area contributed by atoms with Gasteiger partial charge in [0, 0.05) is 18.1 Å². The number of amides is 2. The summed E-state index contributed by atoms with van der Waals surface area (Å²) in [5.41, 5.74) is 1.25. The van der Waals surface area contributed by atoms with Crippen molar-refractivity contribution < 1.29 is 28.6 Å². The first-order valence-electron chi connectivity index (χ1n) is 10.7. The molecule has 2 aromatic rings. The monoisotopic (exact) mass is 474 g/mol. The number of esters is 2. The molecule has 0 bridgehead atoms. The van der Waals surface area contributed by atoms with E-state index in [1.54, 1.807) is 55.3 Å². The standard InChI is InChI=1S/C24H27ClN2O6/c1-3-32-22(28)17-10-12-27(13-11-17)24(30)26-21-9-6-18(25)14-20(21)23(29)33-15-16-4-7-19(31-2)8-5-16/h4-9,14,17H,3,10-13,15H2,1-2H3,(H,26,30). The van der Waals surface area contributed by atoms with Gasteiger partial charge in [-0.05, 0) is 55.7 Å². The number of urea groups is 1. The summed E-state index contributed by atoms with van der Waals surface area (Å²) in [6.45, 7) is 3.00. The fourth-order valence-corrected chi connectivity index (χ4v) is 3.69. The van der Waals surface area contributed by atoms with E-state index in [1.165, 1.54) is 6.07 Å². The molecule has 0 unspecified atom stereocenters. The Labute approximate surface area is 197 Å². The van der Waals surface area contributed by atoms with E-state index in [9.17, 15) is 14.4 Å². The van der Waals surface area contributed by atoms with Crippen LogP contribution in [0.4, 0.5) is 10.5 Å². The number of nitrogens with zero attached hydrogens (tertiary/aromatic N) is 1. The van der Waals surface area contributed by atoms with Crippen molar-refractivity contribution in [2.45, 2.75) is 26.4 Å². The maximum atomic E-state index is 12.8. The summed E-state index contributed by atoms with van der Waals surface area (Å²) in [6.07, 6.45) is 1.06. The highest BCUT2D eigenvalue weighted by atomic mass is 35.5. The number of hydrogen-bond donors (Lipinski definition) is 1. The number of hydrogen-bond acceptors (Lipinski definition) is 6. The third-order valence-electron chi connectivity index (χ3n) is 5.37. The highest BCUT2D eigenvalue weighted by molar-refractivity contribution is 6.31. The van der Waals surface area contributed by atoms with Gasteiger partial charge < -0.3 is 24.4 Å². The van der Waals surface area contributed by atoms with Crippen molar-refractivity contribution in [1.82, 2.24) is 4.90 Å². The second-order valence-corrected chi connectivity index (χ2v) is 7.99. The average Bonchev–Trinajstić information content (AvgIpc) is 2.84. The van der Waals surface area contributed by atoms with Gasteiger partial charge in [-0.25, -0.2) is 9.59 Å². The fraction of sp³-hybridized carbons (Fsp3) is 0.375. The van der Waals surface area contributed by atoms with Crippen LogP contribution in [0, 0.1) is 5.92 Å². The molecule has 1 aliphatic heterocycles. The summed E-state index contributed by atoms with van der Waals surface area (Å²) in [5.74, 6) is -0.328. The molecule has 1 heterocycles. The van der Waals surface area contributed by atoms with Gasteiger partial charge >= 0.3 is 18.0 Å². The van der Waals surface area contributed by atoms with Crippen molar-refractivity contribution in [3.63, 3.8) is 0 Å². The minimum absolute atomic E-state index is 0.0596. The van der Waals surface area contributed by atoms with Crippen LogP contribution in [0.1, 0.15) is 35.7 Å². The van der Waals surface area contributed by atoms with Crippen molar-refractivity contribution in [3.05, 3.63) is 58.6 Å². The minimum Gasteiger partial charge on any atom is -0.497 e. The topological polar surface area (TPSA) is 94.2 Å². The average molecular weight is 475 g/mol. The molecule has 1 saturated heterocycles. The number of methoxy groups -OCH3 is 1. The highest BCUT2D eigenvalue weighted by Gasteiger charge is 2.28. The van der Waals surface area contributed by atoms with Crippen molar-refractivity contribution in [3.8, 4) is 5.75 Å². The van der Waals surface area contributed by atoms with Gasteiger partial charge in [0.1, 0.15) is 12.4 Å². The number of piperidine rings is 1. The predicted molar refractivity (Wildman–Crippen MR) is 124 cm³/mol. The quantitative estimate of drug-likeness (QED) is 0.593. The fourth-order valence-electron chi connectivity index (χ4n) is 3.52. The Balaban J connectivity index is 1.61. The molecule has 33 heavy (non-hydrogen) atoms. The van der Waals surface area contributed by atoms with E-state index >= 15 is 0 Å². The molecule has 3 rings (SSSR count). The Kier molecular flexibility index (Phi) is 8.54. The van der Waals surface area contributed by atoms with Gasteiger partial charge in [0.2, 0.25) is 0 Å². The van der Waals surface area contributed by atoms with Crippen LogP contribution in [0.25, 0.3) is 0 Å². The molecule has 9 heteroatoms. The normalized spacial score (nSPS) is 13.8. The second-order valence-electron chi connectivity index (χ2n) is 7.56. The first-order chi connectivity index (χ1) is 15.9. The zero-order valence-electron chi connectivity index (χ0n) is 18.6. The molecule has 8 nitrogen and oxygen atoms in total. The Morgan fingerprint density at radius 2 is 1.76 bits per heavy atom. The summed E-state index contributed by atoms with van der Waals surface area (Å²) in [7, 11) is 1.58. The van der Waals surface area contributed by atoms with Crippen molar-refractivity contribution in [2.24, 2.45) is 5.92 Å².